The first-order chi connectivity index (χ1) is 12.2. The van der Waals surface area contributed by atoms with E-state index in [2.05, 4.69) is 18.7 Å². The number of carbonyl (C=O) groups excluding carboxylic acids is 1. The number of hydrogen-bond donors (Lipinski definition) is 0. The van der Waals surface area contributed by atoms with Gasteiger partial charge >= 0.3 is 5.97 Å². The normalized spacial score (nSPS) is 10.3. The number of hydrogen-bond acceptors (Lipinski definition) is 2. The molecule has 2 nitrogen and oxygen atoms in total. The number of carbonyl (C=O) groups is 1. The highest BCUT2D eigenvalue weighted by Crippen LogP contribution is 2.21. The van der Waals surface area contributed by atoms with Crippen molar-refractivity contribution in [3.05, 3.63) is 102 Å². The lowest BCUT2D eigenvalue weighted by atomic mass is 10.0. The second-order valence-corrected chi connectivity index (χ2v) is 5.61. The molecule has 0 aliphatic rings. The predicted molar refractivity (Wildman–Crippen MR) is 97.1 cm³/mol. The van der Waals surface area contributed by atoms with Gasteiger partial charge in [0.15, 0.2) is 0 Å². The Kier molecular flexibility index (Phi) is 5.05. The summed E-state index contributed by atoms with van der Waals surface area (Å²) in [5.74, 6) is -0.531. The van der Waals surface area contributed by atoms with E-state index in [0.717, 1.165) is 17.5 Å². The van der Waals surface area contributed by atoms with Gasteiger partial charge in [0.2, 0.25) is 0 Å². The zero-order chi connectivity index (χ0) is 17.6. The molecule has 0 aliphatic heterocycles. The highest BCUT2D eigenvalue weighted by molar-refractivity contribution is 5.91. The van der Waals surface area contributed by atoms with Gasteiger partial charge < -0.3 is 4.74 Å². The lowest BCUT2D eigenvalue weighted by molar-refractivity contribution is 0.0734. The molecule has 0 bridgehead atoms. The molecule has 124 valence electrons. The molecule has 0 N–H and O–H groups in total. The molecule has 25 heavy (non-hydrogen) atoms. The van der Waals surface area contributed by atoms with Gasteiger partial charge in [0.05, 0.1) is 5.56 Å². The minimum atomic E-state index is -0.473. The molecule has 3 aromatic carbocycles. The molecule has 0 saturated heterocycles. The van der Waals surface area contributed by atoms with Crippen LogP contribution in [0.3, 0.4) is 0 Å². The van der Waals surface area contributed by atoms with Crippen molar-refractivity contribution < 1.29 is 13.9 Å². The van der Waals surface area contributed by atoms with Crippen molar-refractivity contribution >= 4 is 5.97 Å². The van der Waals surface area contributed by atoms with Gasteiger partial charge in [-0.25, -0.2) is 9.18 Å². The summed E-state index contributed by atoms with van der Waals surface area (Å²) in [6, 6.07) is 20.8. The van der Waals surface area contributed by atoms with E-state index in [9.17, 15) is 9.18 Å². The first kappa shape index (κ1) is 16.7. The van der Waals surface area contributed by atoms with Crippen LogP contribution in [0.15, 0.2) is 85.5 Å². The van der Waals surface area contributed by atoms with Gasteiger partial charge in [-0.3, -0.25) is 0 Å². The fourth-order valence-corrected chi connectivity index (χ4v) is 2.47. The van der Waals surface area contributed by atoms with Crippen LogP contribution in [-0.2, 0) is 6.42 Å². The molecule has 0 fully saturated rings. The van der Waals surface area contributed by atoms with Crippen LogP contribution in [-0.4, -0.2) is 5.97 Å². The third-order valence-corrected chi connectivity index (χ3v) is 3.81. The molecule has 0 spiro atoms. The SMILES string of the molecule is C=CCc1ccc(-c2ccc(C(=O)Oc3ccc(F)cc3)cc2)cc1. The smallest absolute Gasteiger partial charge is 0.343 e. The van der Waals surface area contributed by atoms with Crippen LogP contribution in [0.25, 0.3) is 11.1 Å². The average molecular weight is 332 g/mol. The molecule has 0 heterocycles. The number of ether oxygens (including phenoxy) is 1. The van der Waals surface area contributed by atoms with Crippen LogP contribution in [0.2, 0.25) is 0 Å². The Morgan fingerprint density at radius 3 is 2.00 bits per heavy atom. The number of esters is 1. The van der Waals surface area contributed by atoms with E-state index >= 15 is 0 Å². The van der Waals surface area contributed by atoms with Crippen LogP contribution >= 0.6 is 0 Å². The lowest BCUT2D eigenvalue weighted by Gasteiger charge is -2.06. The van der Waals surface area contributed by atoms with E-state index in [1.54, 1.807) is 12.1 Å². The van der Waals surface area contributed by atoms with E-state index in [1.165, 1.54) is 29.8 Å². The molecule has 0 amide bonds. The minimum Gasteiger partial charge on any atom is -0.423 e. The Labute approximate surface area is 146 Å². The topological polar surface area (TPSA) is 26.3 Å². The summed E-state index contributed by atoms with van der Waals surface area (Å²) in [6.45, 7) is 3.73. The second kappa shape index (κ2) is 7.58. The molecule has 0 radical (unpaired) electrons. The van der Waals surface area contributed by atoms with Gasteiger partial charge in [-0.05, 0) is 59.5 Å². The molecule has 3 heteroatoms. The van der Waals surface area contributed by atoms with Gasteiger partial charge in [-0.15, -0.1) is 6.58 Å². The summed E-state index contributed by atoms with van der Waals surface area (Å²) in [6.07, 6.45) is 2.71. The summed E-state index contributed by atoms with van der Waals surface area (Å²) < 4.78 is 18.1. The second-order valence-electron chi connectivity index (χ2n) is 5.61. The molecule has 3 aromatic rings. The molecular weight excluding hydrogens is 315 g/mol. The molecule has 0 unspecified atom stereocenters. The van der Waals surface area contributed by atoms with E-state index in [1.807, 2.05) is 30.3 Å². The Hall–Kier alpha value is -3.20. The number of halogens is 1. The molecule has 0 saturated carbocycles. The van der Waals surface area contributed by atoms with E-state index in [-0.39, 0.29) is 5.82 Å². The van der Waals surface area contributed by atoms with Crippen molar-refractivity contribution in [2.24, 2.45) is 0 Å². The predicted octanol–water partition coefficient (Wildman–Crippen LogP) is 5.44. The van der Waals surface area contributed by atoms with Crippen LogP contribution < -0.4 is 4.74 Å². The van der Waals surface area contributed by atoms with Crippen LogP contribution in [0, 0.1) is 5.82 Å². The quantitative estimate of drug-likeness (QED) is 0.353. The number of benzene rings is 3. The van der Waals surface area contributed by atoms with Crippen molar-refractivity contribution in [2.45, 2.75) is 6.42 Å². The minimum absolute atomic E-state index is 0.313. The Balaban J connectivity index is 1.71. The maximum Gasteiger partial charge on any atom is 0.343 e. The van der Waals surface area contributed by atoms with Crippen molar-refractivity contribution in [3.8, 4) is 16.9 Å². The Bertz CT molecular complexity index is 863. The summed E-state index contributed by atoms with van der Waals surface area (Å²) in [7, 11) is 0. The Morgan fingerprint density at radius 2 is 1.44 bits per heavy atom. The zero-order valence-corrected chi connectivity index (χ0v) is 13.6. The van der Waals surface area contributed by atoms with E-state index in [0.29, 0.717) is 11.3 Å². The van der Waals surface area contributed by atoms with Gasteiger partial charge in [-0.2, -0.15) is 0 Å². The van der Waals surface area contributed by atoms with Gasteiger partial charge in [0.25, 0.3) is 0 Å². The largest absolute Gasteiger partial charge is 0.423 e. The lowest BCUT2D eigenvalue weighted by Crippen LogP contribution is -2.08. The highest BCUT2D eigenvalue weighted by atomic mass is 19.1. The Morgan fingerprint density at radius 1 is 0.880 bits per heavy atom. The number of allylic oxidation sites excluding steroid dienone is 1. The van der Waals surface area contributed by atoms with Crippen molar-refractivity contribution in [1.29, 1.82) is 0 Å². The molecule has 0 aliphatic carbocycles. The van der Waals surface area contributed by atoms with Crippen LogP contribution in [0.5, 0.6) is 5.75 Å². The van der Waals surface area contributed by atoms with Gasteiger partial charge in [0, 0.05) is 0 Å². The van der Waals surface area contributed by atoms with Gasteiger partial charge in [-0.1, -0.05) is 42.5 Å². The molecule has 0 aromatic heterocycles. The molecular formula is C22H17FO2. The maximum absolute atomic E-state index is 12.9. The number of rotatable bonds is 5. The monoisotopic (exact) mass is 332 g/mol. The van der Waals surface area contributed by atoms with Crippen molar-refractivity contribution in [2.75, 3.05) is 0 Å². The van der Waals surface area contributed by atoms with Gasteiger partial charge in [0.1, 0.15) is 11.6 Å². The molecule has 3 rings (SSSR count). The zero-order valence-electron chi connectivity index (χ0n) is 13.6. The van der Waals surface area contributed by atoms with Crippen molar-refractivity contribution in [1.82, 2.24) is 0 Å². The fraction of sp³-hybridized carbons (Fsp3) is 0.0455. The standard InChI is InChI=1S/C22H17FO2/c1-2-3-16-4-6-17(7-5-16)18-8-10-19(11-9-18)22(24)25-21-14-12-20(23)13-15-21/h2,4-15H,1,3H2. The maximum atomic E-state index is 12.9. The summed E-state index contributed by atoms with van der Waals surface area (Å²) in [5.41, 5.74) is 3.74. The summed E-state index contributed by atoms with van der Waals surface area (Å²) in [5, 5.41) is 0. The third kappa shape index (κ3) is 4.21. The third-order valence-electron chi connectivity index (χ3n) is 3.81. The average Bonchev–Trinajstić information content (AvgIpc) is 2.65. The fourth-order valence-electron chi connectivity index (χ4n) is 2.47. The van der Waals surface area contributed by atoms with Crippen LogP contribution in [0.4, 0.5) is 4.39 Å². The first-order valence-electron chi connectivity index (χ1n) is 7.94. The van der Waals surface area contributed by atoms with Crippen molar-refractivity contribution in [3.63, 3.8) is 0 Å². The molecule has 0 atom stereocenters. The van der Waals surface area contributed by atoms with Crippen LogP contribution in [0.1, 0.15) is 15.9 Å². The summed E-state index contributed by atoms with van der Waals surface area (Å²) in [4.78, 5) is 12.1. The summed E-state index contributed by atoms with van der Waals surface area (Å²) >= 11 is 0. The highest BCUT2D eigenvalue weighted by Gasteiger charge is 2.09. The van der Waals surface area contributed by atoms with E-state index < -0.39 is 5.97 Å². The van der Waals surface area contributed by atoms with E-state index in [4.69, 9.17) is 4.74 Å². The first-order valence-corrected chi connectivity index (χ1v) is 7.94.